The zero-order valence-corrected chi connectivity index (χ0v) is 13.4. The Bertz CT molecular complexity index is 586. The summed E-state index contributed by atoms with van der Waals surface area (Å²) in [5.74, 6) is -1.17. The summed E-state index contributed by atoms with van der Waals surface area (Å²) in [7, 11) is 0. The molecular weight excluding hydrogens is 296 g/mol. The largest absolute Gasteiger partial charge is 0.388 e. The van der Waals surface area contributed by atoms with Gasteiger partial charge in [-0.1, -0.05) is 44.2 Å². The quantitative estimate of drug-likeness (QED) is 0.738. The SMILES string of the molecule is CC(C)[C@H](C(=O)CO)N1C(=O)N[C@H](CCc2ccccc2)C1=O. The number of nitrogens with one attached hydrogen (secondary N) is 1. The Hall–Kier alpha value is -2.21. The van der Waals surface area contributed by atoms with Gasteiger partial charge in [0.15, 0.2) is 5.78 Å². The van der Waals surface area contributed by atoms with Crippen molar-refractivity contribution in [1.29, 1.82) is 0 Å². The van der Waals surface area contributed by atoms with Crippen molar-refractivity contribution >= 4 is 17.7 Å². The maximum absolute atomic E-state index is 12.5. The van der Waals surface area contributed by atoms with Crippen LogP contribution in [0.2, 0.25) is 0 Å². The molecular formula is C17H22N2O4. The molecule has 2 atom stereocenters. The molecule has 1 saturated heterocycles. The molecule has 0 saturated carbocycles. The van der Waals surface area contributed by atoms with Crippen LogP contribution in [0.4, 0.5) is 4.79 Å². The second-order valence-electron chi connectivity index (χ2n) is 6.05. The smallest absolute Gasteiger partial charge is 0.325 e. The fourth-order valence-corrected chi connectivity index (χ4v) is 2.87. The maximum Gasteiger partial charge on any atom is 0.325 e. The minimum atomic E-state index is -0.922. The van der Waals surface area contributed by atoms with Crippen molar-refractivity contribution in [3.05, 3.63) is 35.9 Å². The molecule has 0 bridgehead atoms. The van der Waals surface area contributed by atoms with Crippen LogP contribution in [0.15, 0.2) is 30.3 Å². The van der Waals surface area contributed by atoms with Crippen molar-refractivity contribution in [2.75, 3.05) is 6.61 Å². The van der Waals surface area contributed by atoms with Crippen LogP contribution in [0, 0.1) is 5.92 Å². The third kappa shape index (κ3) is 3.76. The third-order valence-corrected chi connectivity index (χ3v) is 4.01. The molecule has 2 rings (SSSR count). The van der Waals surface area contributed by atoms with Gasteiger partial charge in [-0.3, -0.25) is 14.5 Å². The zero-order chi connectivity index (χ0) is 17.0. The summed E-state index contributed by atoms with van der Waals surface area (Å²) in [6, 6.07) is 7.58. The lowest BCUT2D eigenvalue weighted by Crippen LogP contribution is -2.49. The third-order valence-electron chi connectivity index (χ3n) is 4.01. The van der Waals surface area contributed by atoms with E-state index in [2.05, 4.69) is 5.32 Å². The topological polar surface area (TPSA) is 86.7 Å². The average molecular weight is 318 g/mol. The number of Topliss-reactive ketones (excluding diaryl/α,β-unsaturated/α-hetero) is 1. The van der Waals surface area contributed by atoms with E-state index in [1.54, 1.807) is 13.8 Å². The van der Waals surface area contributed by atoms with E-state index in [1.807, 2.05) is 30.3 Å². The zero-order valence-electron chi connectivity index (χ0n) is 13.4. The summed E-state index contributed by atoms with van der Waals surface area (Å²) in [4.78, 5) is 37.5. The van der Waals surface area contributed by atoms with Crippen LogP contribution in [0.3, 0.4) is 0 Å². The first-order valence-corrected chi connectivity index (χ1v) is 7.76. The van der Waals surface area contributed by atoms with Crippen LogP contribution in [0.1, 0.15) is 25.8 Å². The number of hydrogen-bond acceptors (Lipinski definition) is 4. The van der Waals surface area contributed by atoms with Crippen LogP contribution in [0.5, 0.6) is 0 Å². The van der Waals surface area contributed by atoms with Crippen molar-refractivity contribution < 1.29 is 19.5 Å². The molecule has 0 unspecified atom stereocenters. The number of nitrogens with zero attached hydrogens (tertiary/aromatic N) is 1. The van der Waals surface area contributed by atoms with Crippen molar-refractivity contribution in [3.63, 3.8) is 0 Å². The predicted molar refractivity (Wildman–Crippen MR) is 84.6 cm³/mol. The van der Waals surface area contributed by atoms with Gasteiger partial charge in [0, 0.05) is 0 Å². The van der Waals surface area contributed by atoms with Gasteiger partial charge in [-0.15, -0.1) is 0 Å². The molecule has 3 amide bonds. The van der Waals surface area contributed by atoms with Crippen molar-refractivity contribution in [3.8, 4) is 0 Å². The summed E-state index contributed by atoms with van der Waals surface area (Å²) in [6.45, 7) is 2.81. The first kappa shape index (κ1) is 17.1. The van der Waals surface area contributed by atoms with Crippen molar-refractivity contribution in [2.45, 2.75) is 38.8 Å². The molecule has 1 heterocycles. The van der Waals surface area contributed by atoms with Crippen LogP contribution in [0.25, 0.3) is 0 Å². The summed E-state index contributed by atoms with van der Waals surface area (Å²) >= 11 is 0. The number of rotatable bonds is 7. The summed E-state index contributed by atoms with van der Waals surface area (Å²) in [5.41, 5.74) is 1.08. The van der Waals surface area contributed by atoms with Crippen LogP contribution in [-0.2, 0) is 16.0 Å². The number of ketones is 1. The Morgan fingerprint density at radius 2 is 1.91 bits per heavy atom. The number of aryl methyl sites for hydroxylation is 1. The van der Waals surface area contributed by atoms with E-state index in [-0.39, 0.29) is 5.92 Å². The number of hydrogen-bond donors (Lipinski definition) is 2. The number of amides is 3. The number of aliphatic hydroxyl groups excluding tert-OH is 1. The first-order chi connectivity index (χ1) is 11.0. The van der Waals surface area contributed by atoms with Gasteiger partial charge >= 0.3 is 6.03 Å². The highest BCUT2D eigenvalue weighted by Gasteiger charge is 2.44. The van der Waals surface area contributed by atoms with Crippen LogP contribution >= 0.6 is 0 Å². The summed E-state index contributed by atoms with van der Waals surface area (Å²) < 4.78 is 0. The van der Waals surface area contributed by atoms with E-state index < -0.39 is 36.4 Å². The lowest BCUT2D eigenvalue weighted by Gasteiger charge is -2.26. The fraction of sp³-hybridized carbons (Fsp3) is 0.471. The minimum Gasteiger partial charge on any atom is -0.388 e. The van der Waals surface area contributed by atoms with Crippen LogP contribution < -0.4 is 5.32 Å². The van der Waals surface area contributed by atoms with Crippen LogP contribution in [-0.4, -0.2) is 46.4 Å². The maximum atomic E-state index is 12.5. The van der Waals surface area contributed by atoms with Gasteiger partial charge in [-0.2, -0.15) is 0 Å². The van der Waals surface area contributed by atoms with Crippen molar-refractivity contribution in [2.24, 2.45) is 5.92 Å². The molecule has 2 N–H and O–H groups in total. The molecule has 1 aromatic carbocycles. The lowest BCUT2D eigenvalue weighted by molar-refractivity contribution is -0.137. The highest BCUT2D eigenvalue weighted by Crippen LogP contribution is 2.20. The second kappa shape index (κ2) is 7.37. The molecule has 0 aromatic heterocycles. The van der Waals surface area contributed by atoms with Gasteiger partial charge in [0.25, 0.3) is 5.91 Å². The number of carbonyl (C=O) groups is 3. The number of urea groups is 1. The molecule has 0 spiro atoms. The minimum absolute atomic E-state index is 0.253. The highest BCUT2D eigenvalue weighted by molar-refractivity contribution is 6.07. The normalized spacial score (nSPS) is 19.1. The monoisotopic (exact) mass is 318 g/mol. The molecule has 0 aliphatic carbocycles. The van der Waals surface area contributed by atoms with Gasteiger partial charge in [0.1, 0.15) is 18.7 Å². The number of aliphatic hydroxyl groups is 1. The molecule has 6 heteroatoms. The van der Waals surface area contributed by atoms with E-state index in [1.165, 1.54) is 0 Å². The number of benzene rings is 1. The van der Waals surface area contributed by atoms with Crippen molar-refractivity contribution in [1.82, 2.24) is 10.2 Å². The number of carbonyl (C=O) groups excluding carboxylic acids is 3. The molecule has 6 nitrogen and oxygen atoms in total. The van der Waals surface area contributed by atoms with Gasteiger partial charge in [-0.05, 0) is 24.3 Å². The molecule has 23 heavy (non-hydrogen) atoms. The Morgan fingerprint density at radius 3 is 2.48 bits per heavy atom. The lowest BCUT2D eigenvalue weighted by atomic mass is 9.98. The Morgan fingerprint density at radius 1 is 1.26 bits per heavy atom. The standard InChI is InChI=1S/C17H22N2O4/c1-11(2)15(14(21)10-20)19-16(22)13(18-17(19)23)9-8-12-6-4-3-5-7-12/h3-7,11,13,15,20H,8-10H2,1-2H3,(H,18,23)/t13-,15-/m1/s1. The fourth-order valence-electron chi connectivity index (χ4n) is 2.87. The van der Waals surface area contributed by atoms with Gasteiger partial charge in [-0.25, -0.2) is 4.79 Å². The molecule has 1 aromatic rings. The van der Waals surface area contributed by atoms with E-state index >= 15 is 0 Å². The second-order valence-corrected chi connectivity index (χ2v) is 6.05. The molecule has 0 radical (unpaired) electrons. The highest BCUT2D eigenvalue weighted by atomic mass is 16.3. The van der Waals surface area contributed by atoms with Gasteiger partial charge in [0.05, 0.1) is 0 Å². The summed E-state index contributed by atoms with van der Waals surface area (Å²) in [5, 5.41) is 11.7. The number of imide groups is 1. The first-order valence-electron chi connectivity index (χ1n) is 7.76. The van der Waals surface area contributed by atoms with Gasteiger partial charge < -0.3 is 10.4 Å². The molecule has 1 fully saturated rings. The molecule has 124 valence electrons. The Kier molecular flexibility index (Phi) is 5.50. The Labute approximate surface area is 135 Å². The van der Waals surface area contributed by atoms with E-state index in [4.69, 9.17) is 5.11 Å². The van der Waals surface area contributed by atoms with Gasteiger partial charge in [0.2, 0.25) is 0 Å². The summed E-state index contributed by atoms with van der Waals surface area (Å²) in [6.07, 6.45) is 1.13. The average Bonchev–Trinajstić information content (AvgIpc) is 2.81. The predicted octanol–water partition coefficient (Wildman–Crippen LogP) is 1.13. The van der Waals surface area contributed by atoms with E-state index in [0.29, 0.717) is 12.8 Å². The van der Waals surface area contributed by atoms with E-state index in [9.17, 15) is 14.4 Å². The van der Waals surface area contributed by atoms with E-state index in [0.717, 1.165) is 10.5 Å². The molecule has 1 aliphatic rings. The Balaban J connectivity index is 2.08. The molecule has 1 aliphatic heterocycles.